The highest BCUT2D eigenvalue weighted by atomic mass is 16.6. The van der Waals surface area contributed by atoms with Crippen molar-refractivity contribution in [3.05, 3.63) is 110 Å². The van der Waals surface area contributed by atoms with Crippen LogP contribution in [-0.4, -0.2) is 72.6 Å². The number of piperidine rings is 1. The summed E-state index contributed by atoms with van der Waals surface area (Å²) in [4.78, 5) is 75.5. The summed E-state index contributed by atoms with van der Waals surface area (Å²) in [5.74, 6) is -2.79. The van der Waals surface area contributed by atoms with Crippen LogP contribution in [0.4, 0.5) is 10.5 Å². The maximum absolute atomic E-state index is 14.1. The molecule has 0 saturated carbocycles. The topological polar surface area (TPSA) is 240 Å². The van der Waals surface area contributed by atoms with Crippen molar-refractivity contribution < 1.29 is 49.4 Å². The Kier molecular flexibility index (Phi) is 10.9. The number of carbonyl (C=O) groups excluding carboxylic acids is 4. The minimum absolute atomic E-state index is 0.0151. The Morgan fingerprint density at radius 2 is 1.70 bits per heavy atom. The summed E-state index contributed by atoms with van der Waals surface area (Å²) in [5, 5.41) is 38.2. The number of fused-ring (bicyclic) bond motifs is 5. The molecule has 326 valence electrons. The molecule has 0 bridgehead atoms. The van der Waals surface area contributed by atoms with Crippen molar-refractivity contribution in [3.63, 3.8) is 0 Å². The molecule has 0 spiro atoms. The predicted octanol–water partition coefficient (Wildman–Crippen LogP) is 4.01. The van der Waals surface area contributed by atoms with E-state index in [-0.39, 0.29) is 109 Å². The molecule has 0 aliphatic carbocycles. The van der Waals surface area contributed by atoms with Gasteiger partial charge in [-0.2, -0.15) is 0 Å². The van der Waals surface area contributed by atoms with E-state index >= 15 is 0 Å². The van der Waals surface area contributed by atoms with Crippen LogP contribution in [0.3, 0.4) is 0 Å². The summed E-state index contributed by atoms with van der Waals surface area (Å²) < 4.78 is 13.3. The molecule has 1 fully saturated rings. The number of amidine groups is 1. The molecule has 1 saturated heterocycles. The maximum Gasteiger partial charge on any atom is 0.411 e. The van der Waals surface area contributed by atoms with Gasteiger partial charge in [-0.25, -0.2) is 14.6 Å². The predicted molar refractivity (Wildman–Crippen MR) is 231 cm³/mol. The van der Waals surface area contributed by atoms with Gasteiger partial charge in [-0.15, -0.1) is 4.90 Å². The van der Waals surface area contributed by atoms with Gasteiger partial charge < -0.3 is 40.0 Å². The maximum atomic E-state index is 14.1. The van der Waals surface area contributed by atoms with Crippen molar-refractivity contribution in [2.75, 3.05) is 18.0 Å². The van der Waals surface area contributed by atoms with Gasteiger partial charge in [0.25, 0.3) is 11.4 Å². The quantitative estimate of drug-likeness (QED) is 0.0791. The van der Waals surface area contributed by atoms with Crippen molar-refractivity contribution in [1.82, 2.24) is 14.5 Å². The largest absolute Gasteiger partial charge is 0.508 e. The van der Waals surface area contributed by atoms with Crippen LogP contribution in [0.15, 0.2) is 65.5 Å². The minimum Gasteiger partial charge on any atom is -0.508 e. The molecule has 16 heteroatoms. The van der Waals surface area contributed by atoms with Crippen LogP contribution in [0.25, 0.3) is 22.3 Å². The number of aromatic nitrogens is 2. The molecule has 16 nitrogen and oxygen atoms in total. The van der Waals surface area contributed by atoms with Crippen molar-refractivity contribution in [1.29, 1.82) is 0 Å². The number of carbonyl (C=O) groups is 4. The lowest BCUT2D eigenvalue weighted by molar-refractivity contribution is -0.192. The highest BCUT2D eigenvalue weighted by Crippen LogP contribution is 2.43. The van der Waals surface area contributed by atoms with E-state index in [0.29, 0.717) is 40.1 Å². The van der Waals surface area contributed by atoms with E-state index < -0.39 is 29.5 Å². The molecule has 1 unspecified atom stereocenters. The molecule has 2 aromatic heterocycles. The number of nitrogens with zero attached hydrogens (tertiary/aromatic N) is 4. The van der Waals surface area contributed by atoms with Gasteiger partial charge in [0, 0.05) is 35.7 Å². The lowest BCUT2D eigenvalue weighted by Crippen LogP contribution is -2.55. The van der Waals surface area contributed by atoms with Crippen LogP contribution in [-0.2, 0) is 55.5 Å². The monoisotopic (exact) mass is 857 g/mol. The number of phenols is 3. The van der Waals surface area contributed by atoms with Crippen molar-refractivity contribution >= 4 is 46.3 Å². The van der Waals surface area contributed by atoms with E-state index in [1.807, 2.05) is 20.8 Å². The second-order valence-electron chi connectivity index (χ2n) is 16.6. The standard InChI is InChI=1S/C47H48N6O10/c1-5-29-31-18-28(54)11-12-36(31)50-41-33(29)22-52-37(41)20-35-34(43(52)58)23-62-45(60)47(35,6-2)63-44(59)26-13-15-51(16-14-26)40(57)17-25-7-9-27(10-8-25)53(46(49)61)42(48)32-19-30(24(3)4)38(55)21-39(32)56/h7-12,18-21,24,26,48,54-56H,5-6,13-17,22-23H2,1-4H3,(H2,49,61)/p+1. The van der Waals surface area contributed by atoms with Crippen molar-refractivity contribution in [2.24, 2.45) is 11.7 Å². The molecule has 0 radical (unpaired) electrons. The highest BCUT2D eigenvalue weighted by molar-refractivity contribution is 6.21. The Hall–Kier alpha value is -7.23. The number of aryl methyl sites for hydroxylation is 1. The van der Waals surface area contributed by atoms with E-state index in [1.54, 1.807) is 64.9 Å². The van der Waals surface area contributed by atoms with Gasteiger partial charge in [0.2, 0.25) is 11.5 Å². The molecule has 5 aromatic rings. The third-order valence-electron chi connectivity index (χ3n) is 12.6. The number of rotatable bonds is 9. The fourth-order valence-corrected chi connectivity index (χ4v) is 9.15. The molecular weight excluding hydrogens is 809 g/mol. The Morgan fingerprint density at radius 1 is 0.984 bits per heavy atom. The van der Waals surface area contributed by atoms with E-state index in [9.17, 15) is 39.3 Å². The number of nitrogens with two attached hydrogens (primary N) is 2. The summed E-state index contributed by atoms with van der Waals surface area (Å²) in [6.45, 7) is 7.92. The van der Waals surface area contributed by atoms with E-state index in [2.05, 4.69) is 0 Å². The van der Waals surface area contributed by atoms with Gasteiger partial charge in [-0.05, 0) is 90.8 Å². The number of cyclic esters (lactones) is 1. The van der Waals surface area contributed by atoms with Crippen molar-refractivity contribution in [2.45, 2.75) is 84.5 Å². The molecule has 3 aromatic carbocycles. The first-order valence-corrected chi connectivity index (χ1v) is 21.0. The normalized spacial score (nSPS) is 16.9. The third kappa shape index (κ3) is 7.28. The number of phenolic OH excluding ortho intramolecular Hbond substituents is 3. The van der Waals surface area contributed by atoms with Crippen LogP contribution in [0.1, 0.15) is 91.8 Å². The van der Waals surface area contributed by atoms with Crippen LogP contribution in [0, 0.1) is 5.92 Å². The summed E-state index contributed by atoms with van der Waals surface area (Å²) in [5.41, 5.74) is 9.11. The van der Waals surface area contributed by atoms with Crippen LogP contribution < -0.4 is 21.6 Å². The van der Waals surface area contributed by atoms with Gasteiger partial charge in [-0.3, -0.25) is 19.8 Å². The number of ether oxygens (including phenoxy) is 2. The highest BCUT2D eigenvalue weighted by Gasteiger charge is 2.51. The molecule has 7 N–H and O–H groups in total. The fraction of sp³-hybridized carbons (Fsp3) is 0.340. The summed E-state index contributed by atoms with van der Waals surface area (Å²) in [7, 11) is 0. The zero-order valence-corrected chi connectivity index (χ0v) is 35.4. The average molecular weight is 858 g/mol. The first kappa shape index (κ1) is 42.5. The Morgan fingerprint density at radius 3 is 2.35 bits per heavy atom. The molecule has 3 aliphatic rings. The SMILES string of the molecule is CCc1c2c(nc3ccc(O)cc13)-c1cc3c(c(=O)n1C2)COC(=O)C3(CC)OC(=O)C1CCN(C(=O)Cc2ccc(N(C(=[NH2+])c3cc(C(C)C)c(O)cc3O)C(N)=O)cc2)CC1. The summed E-state index contributed by atoms with van der Waals surface area (Å²) in [6, 6.07) is 14.9. The first-order chi connectivity index (χ1) is 30.1. The molecule has 3 aliphatic heterocycles. The van der Waals surface area contributed by atoms with Gasteiger partial charge in [0.15, 0.2) is 0 Å². The number of urea groups is 1. The first-order valence-electron chi connectivity index (χ1n) is 21.0. The Balaban J connectivity index is 0.954. The smallest absolute Gasteiger partial charge is 0.411 e. The van der Waals surface area contributed by atoms with Gasteiger partial charge in [-0.1, -0.05) is 39.8 Å². The number of primary amides is 1. The zero-order valence-electron chi connectivity index (χ0n) is 35.4. The second kappa shape index (κ2) is 16.2. The van der Waals surface area contributed by atoms with E-state index in [4.69, 9.17) is 25.6 Å². The van der Waals surface area contributed by atoms with Crippen LogP contribution in [0.2, 0.25) is 0 Å². The molecule has 63 heavy (non-hydrogen) atoms. The minimum atomic E-state index is -1.87. The number of hydrogen-bond donors (Lipinski definition) is 5. The van der Waals surface area contributed by atoms with E-state index in [1.165, 1.54) is 6.07 Å². The van der Waals surface area contributed by atoms with Gasteiger partial charge in [0.1, 0.15) is 35.1 Å². The number of pyridine rings is 2. The number of anilines is 1. The van der Waals surface area contributed by atoms with Crippen molar-refractivity contribution in [3.8, 4) is 28.6 Å². The average Bonchev–Trinajstić information content (AvgIpc) is 3.62. The third-order valence-corrected chi connectivity index (χ3v) is 12.6. The summed E-state index contributed by atoms with van der Waals surface area (Å²) >= 11 is 0. The Labute approximate surface area is 362 Å². The number of esters is 2. The molecule has 1 atom stereocenters. The number of likely N-dealkylation sites (tertiary alicyclic amines) is 1. The second-order valence-corrected chi connectivity index (χ2v) is 16.6. The van der Waals surface area contributed by atoms with Crippen LogP contribution >= 0.6 is 0 Å². The molecular formula is C47H49N6O10+. The molecule has 3 amide bonds. The van der Waals surface area contributed by atoms with Gasteiger partial charge >= 0.3 is 18.0 Å². The van der Waals surface area contributed by atoms with Crippen LogP contribution in [0.5, 0.6) is 17.2 Å². The summed E-state index contributed by atoms with van der Waals surface area (Å²) in [6.07, 6.45) is 1.23. The number of benzene rings is 3. The number of hydrogen-bond acceptors (Lipinski definition) is 11. The number of aromatic hydroxyl groups is 3. The lowest BCUT2D eigenvalue weighted by atomic mass is 9.85. The molecule has 5 heterocycles. The lowest BCUT2D eigenvalue weighted by Gasteiger charge is -2.38. The fourth-order valence-electron chi connectivity index (χ4n) is 9.15. The van der Waals surface area contributed by atoms with E-state index in [0.717, 1.165) is 27.5 Å². The number of amides is 3. The Bertz CT molecular complexity index is 2810. The van der Waals surface area contributed by atoms with Gasteiger partial charge in [0.05, 0.1) is 41.4 Å². The zero-order chi connectivity index (χ0) is 45.1. The molecule has 8 rings (SSSR count).